The number of hydrogen-bond donors (Lipinski definition) is 1. The lowest BCUT2D eigenvalue weighted by Gasteiger charge is -2.20. The van der Waals surface area contributed by atoms with Crippen molar-refractivity contribution in [3.05, 3.63) is 29.9 Å². The van der Waals surface area contributed by atoms with Gasteiger partial charge in [-0.05, 0) is 30.9 Å². The summed E-state index contributed by atoms with van der Waals surface area (Å²) in [5.41, 5.74) is 1.01. The lowest BCUT2D eigenvalue weighted by molar-refractivity contribution is -0.120. The molecule has 8 nitrogen and oxygen atoms in total. The van der Waals surface area contributed by atoms with Crippen LogP contribution in [0.5, 0.6) is 0 Å². The van der Waals surface area contributed by atoms with Crippen LogP contribution in [0.1, 0.15) is 55.0 Å². The molecule has 1 saturated carbocycles. The summed E-state index contributed by atoms with van der Waals surface area (Å²) in [4.78, 5) is 33.6. The number of nitrogens with one attached hydrogen (secondary N) is 1. The molecule has 1 fully saturated rings. The monoisotopic (exact) mass is 357 g/mol. The van der Waals surface area contributed by atoms with Crippen LogP contribution in [0.15, 0.2) is 22.9 Å². The molecule has 1 N–H and O–H groups in total. The molecule has 3 rings (SSSR count). The fourth-order valence-electron chi connectivity index (χ4n) is 3.25. The number of hydrogen-bond acceptors (Lipinski definition) is 6. The Morgan fingerprint density at radius 3 is 2.58 bits per heavy atom. The average molecular weight is 357 g/mol. The van der Waals surface area contributed by atoms with Crippen molar-refractivity contribution >= 4 is 11.8 Å². The van der Waals surface area contributed by atoms with Crippen molar-refractivity contribution in [1.29, 1.82) is 0 Å². The van der Waals surface area contributed by atoms with E-state index < -0.39 is 0 Å². The van der Waals surface area contributed by atoms with Crippen LogP contribution in [-0.2, 0) is 4.79 Å². The lowest BCUT2D eigenvalue weighted by atomic mass is 9.98. The molecular formula is C18H23N5O3. The number of aromatic nitrogens is 3. The van der Waals surface area contributed by atoms with Crippen LogP contribution >= 0.6 is 0 Å². The first kappa shape index (κ1) is 18.0. The second kappa shape index (κ2) is 7.63. The molecule has 138 valence electrons. The van der Waals surface area contributed by atoms with Crippen LogP contribution < -0.4 is 5.32 Å². The fraction of sp³-hybridized carbons (Fsp3) is 0.500. The summed E-state index contributed by atoms with van der Waals surface area (Å²) in [5.74, 6) is 0.831. The molecule has 0 aromatic carbocycles. The zero-order chi connectivity index (χ0) is 18.7. The summed E-state index contributed by atoms with van der Waals surface area (Å²) in [7, 11) is 3.35. The number of carbonyl (C=O) groups excluding carboxylic acids is 2. The number of pyridine rings is 1. The zero-order valence-corrected chi connectivity index (χ0v) is 15.2. The summed E-state index contributed by atoms with van der Waals surface area (Å²) in [6.45, 7) is 1.49. The van der Waals surface area contributed by atoms with Gasteiger partial charge in [0.1, 0.15) is 11.7 Å². The molecule has 2 amide bonds. The topological polar surface area (TPSA) is 101 Å². The van der Waals surface area contributed by atoms with Gasteiger partial charge in [-0.3, -0.25) is 14.6 Å². The van der Waals surface area contributed by atoms with E-state index >= 15 is 0 Å². The molecule has 8 heteroatoms. The van der Waals surface area contributed by atoms with Crippen LogP contribution in [0.3, 0.4) is 0 Å². The maximum Gasteiger partial charge on any atom is 0.271 e. The van der Waals surface area contributed by atoms with Crippen molar-refractivity contribution in [2.24, 2.45) is 5.92 Å². The highest BCUT2D eigenvalue weighted by atomic mass is 16.5. The van der Waals surface area contributed by atoms with E-state index in [-0.39, 0.29) is 17.9 Å². The van der Waals surface area contributed by atoms with E-state index in [1.807, 2.05) is 0 Å². The number of rotatable bonds is 5. The van der Waals surface area contributed by atoms with E-state index in [4.69, 9.17) is 4.52 Å². The summed E-state index contributed by atoms with van der Waals surface area (Å²) < 4.78 is 5.43. The highest BCUT2D eigenvalue weighted by Gasteiger charge is 2.31. The van der Waals surface area contributed by atoms with Gasteiger partial charge >= 0.3 is 0 Å². The van der Waals surface area contributed by atoms with Crippen molar-refractivity contribution in [2.75, 3.05) is 14.1 Å². The minimum absolute atomic E-state index is 0.116. The first-order valence-corrected chi connectivity index (χ1v) is 8.74. The van der Waals surface area contributed by atoms with Gasteiger partial charge in [-0.1, -0.05) is 18.0 Å². The maximum absolute atomic E-state index is 11.9. The number of nitrogens with zero attached hydrogens (tertiary/aromatic N) is 4. The Morgan fingerprint density at radius 2 is 2.00 bits per heavy atom. The van der Waals surface area contributed by atoms with Crippen molar-refractivity contribution in [3.8, 4) is 11.4 Å². The Balaban J connectivity index is 1.81. The molecule has 2 heterocycles. The van der Waals surface area contributed by atoms with Gasteiger partial charge in [0.25, 0.3) is 5.91 Å². The maximum atomic E-state index is 11.9. The van der Waals surface area contributed by atoms with Crippen LogP contribution in [-0.4, -0.2) is 45.9 Å². The van der Waals surface area contributed by atoms with Crippen LogP contribution in [0, 0.1) is 5.92 Å². The Kier molecular flexibility index (Phi) is 5.29. The molecule has 1 atom stereocenters. The molecule has 2 aromatic heterocycles. The summed E-state index contributed by atoms with van der Waals surface area (Å²) in [5, 5.41) is 6.96. The third kappa shape index (κ3) is 3.89. The SMILES string of the molecule is CC(=O)NC(c1nc(-c2ccc(C(=O)N(C)C)nc2)no1)C1CCCC1. The molecule has 0 radical (unpaired) electrons. The standard InChI is InChI=1S/C18H23N5O3/c1-11(24)20-15(12-6-4-5-7-12)17-21-16(22-26-17)13-8-9-14(19-10-13)18(25)23(2)3/h8-10,12,15H,4-7H2,1-3H3,(H,20,24). The molecule has 2 aromatic rings. The molecule has 0 aliphatic heterocycles. The minimum Gasteiger partial charge on any atom is -0.344 e. The van der Waals surface area contributed by atoms with Crippen molar-refractivity contribution < 1.29 is 14.1 Å². The summed E-state index contributed by atoms with van der Waals surface area (Å²) in [6, 6.07) is 3.11. The molecule has 0 saturated heterocycles. The molecule has 1 aliphatic rings. The molecule has 0 bridgehead atoms. The smallest absolute Gasteiger partial charge is 0.271 e. The summed E-state index contributed by atoms with van der Waals surface area (Å²) in [6.07, 6.45) is 5.91. The lowest BCUT2D eigenvalue weighted by Crippen LogP contribution is -2.31. The average Bonchev–Trinajstić information content (AvgIpc) is 3.31. The van der Waals surface area contributed by atoms with E-state index in [9.17, 15) is 9.59 Å². The van der Waals surface area contributed by atoms with Gasteiger partial charge in [-0.25, -0.2) is 0 Å². The van der Waals surface area contributed by atoms with Crippen LogP contribution in [0.4, 0.5) is 0 Å². The molecule has 26 heavy (non-hydrogen) atoms. The summed E-state index contributed by atoms with van der Waals surface area (Å²) >= 11 is 0. The Hall–Kier alpha value is -2.77. The quantitative estimate of drug-likeness (QED) is 0.880. The number of amides is 2. The van der Waals surface area contributed by atoms with Gasteiger partial charge in [0.2, 0.25) is 17.6 Å². The first-order chi connectivity index (χ1) is 12.5. The molecule has 1 unspecified atom stereocenters. The Bertz CT molecular complexity index is 778. The highest BCUT2D eigenvalue weighted by Crippen LogP contribution is 2.35. The van der Waals surface area contributed by atoms with Crippen molar-refractivity contribution in [1.82, 2.24) is 25.3 Å². The van der Waals surface area contributed by atoms with Gasteiger partial charge in [0, 0.05) is 32.8 Å². The predicted octanol–water partition coefficient (Wildman–Crippen LogP) is 2.20. The van der Waals surface area contributed by atoms with Crippen LogP contribution in [0.2, 0.25) is 0 Å². The molecule has 0 spiro atoms. The third-order valence-electron chi connectivity index (χ3n) is 4.58. The Morgan fingerprint density at radius 1 is 1.27 bits per heavy atom. The minimum atomic E-state index is -0.265. The van der Waals surface area contributed by atoms with E-state index in [2.05, 4.69) is 20.4 Å². The highest BCUT2D eigenvalue weighted by molar-refractivity contribution is 5.92. The van der Waals surface area contributed by atoms with E-state index in [0.717, 1.165) is 25.7 Å². The zero-order valence-electron chi connectivity index (χ0n) is 15.2. The third-order valence-corrected chi connectivity index (χ3v) is 4.58. The van der Waals surface area contributed by atoms with Gasteiger partial charge < -0.3 is 14.7 Å². The van der Waals surface area contributed by atoms with Gasteiger partial charge in [-0.15, -0.1) is 0 Å². The predicted molar refractivity (Wildman–Crippen MR) is 94.1 cm³/mol. The van der Waals surface area contributed by atoms with Gasteiger partial charge in [0.05, 0.1) is 0 Å². The molecular weight excluding hydrogens is 334 g/mol. The Labute approximate surface area is 152 Å². The second-order valence-corrected chi connectivity index (χ2v) is 6.81. The van der Waals surface area contributed by atoms with Gasteiger partial charge in [-0.2, -0.15) is 4.98 Å². The fourth-order valence-corrected chi connectivity index (χ4v) is 3.25. The normalized spacial score (nSPS) is 15.7. The second-order valence-electron chi connectivity index (χ2n) is 6.81. The van der Waals surface area contributed by atoms with E-state index in [1.165, 1.54) is 11.8 Å². The first-order valence-electron chi connectivity index (χ1n) is 8.74. The molecule has 1 aliphatic carbocycles. The number of carbonyl (C=O) groups is 2. The van der Waals surface area contributed by atoms with E-state index in [0.29, 0.717) is 28.9 Å². The van der Waals surface area contributed by atoms with Crippen LogP contribution in [0.25, 0.3) is 11.4 Å². The van der Waals surface area contributed by atoms with E-state index in [1.54, 1.807) is 32.4 Å². The van der Waals surface area contributed by atoms with Crippen molar-refractivity contribution in [2.45, 2.75) is 38.6 Å². The van der Waals surface area contributed by atoms with Crippen molar-refractivity contribution in [3.63, 3.8) is 0 Å². The largest absolute Gasteiger partial charge is 0.344 e. The van der Waals surface area contributed by atoms with Gasteiger partial charge in [0.15, 0.2) is 0 Å².